The molecule has 0 heterocycles. The zero-order valence-corrected chi connectivity index (χ0v) is 13.9. The highest BCUT2D eigenvalue weighted by Crippen LogP contribution is 2.22. The Balaban J connectivity index is 1.85. The fraction of sp³-hybridized carbons (Fsp3) is 0.125. The molecule has 0 radical (unpaired) electrons. The number of carbonyl (C=O) groups excluding carboxylic acids is 1. The van der Waals surface area contributed by atoms with Crippen molar-refractivity contribution in [1.29, 1.82) is 0 Å². The van der Waals surface area contributed by atoms with Gasteiger partial charge in [0.1, 0.15) is 17.2 Å². The first-order valence-electron chi connectivity index (χ1n) is 6.68. The van der Waals surface area contributed by atoms with E-state index in [-0.39, 0.29) is 18.1 Å². The van der Waals surface area contributed by atoms with Crippen molar-refractivity contribution in [3.05, 3.63) is 52.0 Å². The van der Waals surface area contributed by atoms with Crippen LogP contribution in [0.2, 0.25) is 0 Å². The van der Waals surface area contributed by atoms with Gasteiger partial charge in [0, 0.05) is 16.1 Å². The number of hydrogen-bond donors (Lipinski definition) is 3. The summed E-state index contributed by atoms with van der Waals surface area (Å²) in [4.78, 5) is 11.6. The molecule has 3 N–H and O–H groups in total. The number of phenolic OH excluding ortho intramolecular Hbond substituents is 2. The first-order chi connectivity index (χ1) is 11.0. The third-order valence-electron chi connectivity index (χ3n) is 2.91. The molecule has 0 fully saturated rings. The van der Waals surface area contributed by atoms with E-state index in [0.717, 1.165) is 10.0 Å². The number of aryl methyl sites for hydroxylation is 1. The lowest BCUT2D eigenvalue weighted by atomic mass is 10.2. The van der Waals surface area contributed by atoms with Crippen LogP contribution in [0.15, 0.2) is 46.0 Å². The second kappa shape index (κ2) is 7.64. The van der Waals surface area contributed by atoms with Crippen molar-refractivity contribution in [2.75, 3.05) is 6.61 Å². The Morgan fingerprint density at radius 1 is 1.30 bits per heavy atom. The number of benzene rings is 2. The van der Waals surface area contributed by atoms with E-state index in [1.807, 2.05) is 19.1 Å². The SMILES string of the molecule is Cc1cc(OCC(=O)NN=Cc2ccc(O)cc2O)ccc1Br. The number of carbonyl (C=O) groups is 1. The maximum atomic E-state index is 11.6. The van der Waals surface area contributed by atoms with Crippen LogP contribution in [0.25, 0.3) is 0 Å². The smallest absolute Gasteiger partial charge is 0.277 e. The van der Waals surface area contributed by atoms with Gasteiger partial charge in [-0.15, -0.1) is 0 Å². The average Bonchev–Trinajstić information content (AvgIpc) is 2.50. The van der Waals surface area contributed by atoms with Gasteiger partial charge in [0.05, 0.1) is 6.21 Å². The second-order valence-corrected chi connectivity index (χ2v) is 5.59. The Labute approximate surface area is 141 Å². The number of hydrazone groups is 1. The first kappa shape index (κ1) is 16.8. The van der Waals surface area contributed by atoms with Crippen LogP contribution >= 0.6 is 15.9 Å². The minimum Gasteiger partial charge on any atom is -0.508 e. The minimum atomic E-state index is -0.430. The van der Waals surface area contributed by atoms with Crippen LogP contribution in [-0.4, -0.2) is 28.9 Å². The Hall–Kier alpha value is -2.54. The molecule has 0 aliphatic rings. The Morgan fingerprint density at radius 3 is 2.78 bits per heavy atom. The van der Waals surface area contributed by atoms with E-state index < -0.39 is 5.91 Å². The van der Waals surface area contributed by atoms with E-state index >= 15 is 0 Å². The van der Waals surface area contributed by atoms with Crippen molar-refractivity contribution in [3.8, 4) is 17.2 Å². The molecule has 0 unspecified atom stereocenters. The van der Waals surface area contributed by atoms with Gasteiger partial charge in [0.2, 0.25) is 0 Å². The molecule has 23 heavy (non-hydrogen) atoms. The van der Waals surface area contributed by atoms with E-state index in [4.69, 9.17) is 4.74 Å². The van der Waals surface area contributed by atoms with Crippen LogP contribution in [0.3, 0.4) is 0 Å². The summed E-state index contributed by atoms with van der Waals surface area (Å²) in [6.45, 7) is 1.74. The number of amides is 1. The highest BCUT2D eigenvalue weighted by Gasteiger charge is 2.04. The molecule has 7 heteroatoms. The van der Waals surface area contributed by atoms with Gasteiger partial charge < -0.3 is 14.9 Å². The van der Waals surface area contributed by atoms with Gasteiger partial charge in [-0.2, -0.15) is 5.10 Å². The number of phenols is 2. The topological polar surface area (TPSA) is 91.2 Å². The van der Waals surface area contributed by atoms with Crippen molar-refractivity contribution in [3.63, 3.8) is 0 Å². The Bertz CT molecular complexity index is 747. The van der Waals surface area contributed by atoms with E-state index in [2.05, 4.69) is 26.5 Å². The molecule has 0 saturated carbocycles. The number of ether oxygens (including phenoxy) is 1. The molecule has 0 aliphatic heterocycles. The Morgan fingerprint density at radius 2 is 2.09 bits per heavy atom. The molecule has 2 rings (SSSR count). The molecular weight excluding hydrogens is 364 g/mol. The molecule has 0 spiro atoms. The molecule has 120 valence electrons. The lowest BCUT2D eigenvalue weighted by molar-refractivity contribution is -0.123. The van der Waals surface area contributed by atoms with Crippen LogP contribution in [0.5, 0.6) is 17.2 Å². The van der Waals surface area contributed by atoms with Gasteiger partial charge >= 0.3 is 0 Å². The summed E-state index contributed by atoms with van der Waals surface area (Å²) < 4.78 is 6.32. The van der Waals surface area contributed by atoms with Gasteiger partial charge in [0.15, 0.2) is 6.61 Å². The highest BCUT2D eigenvalue weighted by molar-refractivity contribution is 9.10. The van der Waals surface area contributed by atoms with Crippen LogP contribution in [0.1, 0.15) is 11.1 Å². The van der Waals surface area contributed by atoms with Crippen molar-refractivity contribution in [1.82, 2.24) is 5.43 Å². The summed E-state index contributed by atoms with van der Waals surface area (Å²) in [5, 5.41) is 22.5. The third kappa shape index (κ3) is 5.00. The molecule has 6 nitrogen and oxygen atoms in total. The van der Waals surface area contributed by atoms with Crippen molar-refractivity contribution in [2.24, 2.45) is 5.10 Å². The molecular formula is C16H15BrN2O4. The van der Waals surface area contributed by atoms with Gasteiger partial charge in [-0.25, -0.2) is 5.43 Å². The molecule has 0 atom stereocenters. The van der Waals surface area contributed by atoms with Gasteiger partial charge in [-0.05, 0) is 42.8 Å². The number of hydrogen-bond acceptors (Lipinski definition) is 5. The highest BCUT2D eigenvalue weighted by atomic mass is 79.9. The predicted octanol–water partition coefficient (Wildman–Crippen LogP) is 2.70. The lowest BCUT2D eigenvalue weighted by Crippen LogP contribution is -2.24. The fourth-order valence-electron chi connectivity index (χ4n) is 1.70. The van der Waals surface area contributed by atoms with Crippen molar-refractivity contribution in [2.45, 2.75) is 6.92 Å². The largest absolute Gasteiger partial charge is 0.508 e. The fourth-order valence-corrected chi connectivity index (χ4v) is 1.95. The summed E-state index contributed by atoms with van der Waals surface area (Å²) >= 11 is 3.39. The summed E-state index contributed by atoms with van der Waals surface area (Å²) in [6, 6.07) is 9.47. The van der Waals surface area contributed by atoms with Crippen LogP contribution in [-0.2, 0) is 4.79 Å². The first-order valence-corrected chi connectivity index (χ1v) is 7.48. The van der Waals surface area contributed by atoms with E-state index in [1.54, 1.807) is 6.07 Å². The van der Waals surface area contributed by atoms with Crippen molar-refractivity contribution >= 4 is 28.1 Å². The lowest BCUT2D eigenvalue weighted by Gasteiger charge is -2.06. The molecule has 1 amide bonds. The molecule has 0 bridgehead atoms. The van der Waals surface area contributed by atoms with Gasteiger partial charge in [-0.1, -0.05) is 15.9 Å². The maximum absolute atomic E-state index is 11.6. The molecule has 0 saturated heterocycles. The molecule has 2 aromatic rings. The number of nitrogens with zero attached hydrogens (tertiary/aromatic N) is 1. The van der Waals surface area contributed by atoms with E-state index in [9.17, 15) is 15.0 Å². The zero-order chi connectivity index (χ0) is 16.8. The van der Waals surface area contributed by atoms with Crippen LogP contribution < -0.4 is 10.2 Å². The summed E-state index contributed by atoms with van der Waals surface area (Å²) in [7, 11) is 0. The third-order valence-corrected chi connectivity index (χ3v) is 3.80. The van der Waals surface area contributed by atoms with Crippen molar-refractivity contribution < 1.29 is 19.7 Å². The molecule has 2 aromatic carbocycles. The summed E-state index contributed by atoms with van der Waals surface area (Å²) in [5.41, 5.74) is 3.66. The number of rotatable bonds is 5. The Kier molecular flexibility index (Phi) is 5.59. The monoisotopic (exact) mass is 378 g/mol. The minimum absolute atomic E-state index is 0.0538. The van der Waals surface area contributed by atoms with Gasteiger partial charge in [-0.3, -0.25) is 4.79 Å². The summed E-state index contributed by atoms with van der Waals surface area (Å²) in [5.74, 6) is -0.0347. The maximum Gasteiger partial charge on any atom is 0.277 e. The van der Waals surface area contributed by atoms with Crippen LogP contribution in [0, 0.1) is 6.92 Å². The average molecular weight is 379 g/mol. The zero-order valence-electron chi connectivity index (χ0n) is 12.3. The number of halogens is 1. The van der Waals surface area contributed by atoms with E-state index in [0.29, 0.717) is 11.3 Å². The van der Waals surface area contributed by atoms with Gasteiger partial charge in [0.25, 0.3) is 5.91 Å². The summed E-state index contributed by atoms with van der Waals surface area (Å²) in [6.07, 6.45) is 1.27. The molecule has 0 aliphatic carbocycles. The second-order valence-electron chi connectivity index (χ2n) is 4.74. The predicted molar refractivity (Wildman–Crippen MR) is 89.9 cm³/mol. The quantitative estimate of drug-likeness (QED) is 0.550. The number of nitrogens with one attached hydrogen (secondary N) is 1. The van der Waals surface area contributed by atoms with E-state index in [1.165, 1.54) is 24.4 Å². The molecule has 0 aromatic heterocycles. The standard InChI is InChI=1S/C16H15BrN2O4/c1-10-6-13(4-5-14(10)17)23-9-16(22)19-18-8-11-2-3-12(20)7-15(11)21/h2-8,20-21H,9H2,1H3,(H,19,22). The number of aromatic hydroxyl groups is 2. The normalized spacial score (nSPS) is 10.7. The van der Waals surface area contributed by atoms with Crippen LogP contribution in [0.4, 0.5) is 0 Å².